The first-order valence-electron chi connectivity index (χ1n) is 5.87. The summed E-state index contributed by atoms with van der Waals surface area (Å²) in [4.78, 5) is 11.5. The second-order valence-corrected chi connectivity index (χ2v) is 4.04. The fraction of sp³-hybridized carbons (Fsp3) is 0.462. The van der Waals surface area contributed by atoms with Gasteiger partial charge in [-0.05, 0) is 30.7 Å². The van der Waals surface area contributed by atoms with Gasteiger partial charge in [-0.2, -0.15) is 0 Å². The van der Waals surface area contributed by atoms with Crippen molar-refractivity contribution in [3.63, 3.8) is 0 Å². The van der Waals surface area contributed by atoms with Gasteiger partial charge in [-0.3, -0.25) is 0 Å². The second-order valence-electron chi connectivity index (χ2n) is 4.04. The Morgan fingerprint density at radius 2 is 2.05 bits per heavy atom. The Kier molecular flexibility index (Phi) is 5.75. The molecule has 0 aliphatic rings. The molecule has 2 unspecified atom stereocenters. The van der Waals surface area contributed by atoms with Crippen LogP contribution in [-0.2, 0) is 4.74 Å². The first kappa shape index (κ1) is 15.4. The van der Waals surface area contributed by atoms with Gasteiger partial charge in [0.25, 0.3) is 0 Å². The summed E-state index contributed by atoms with van der Waals surface area (Å²) in [5, 5.41) is 19.6. The van der Waals surface area contributed by atoms with Crippen LogP contribution in [0.15, 0.2) is 18.2 Å². The molecular formula is C13H19NO5. The third kappa shape index (κ3) is 3.66. The van der Waals surface area contributed by atoms with Crippen molar-refractivity contribution in [2.24, 2.45) is 5.73 Å². The SMILES string of the molecule is COC(=O)c1ccc(C(O)C(O)CCN)cc1OC. The number of ether oxygens (including phenoxy) is 2. The summed E-state index contributed by atoms with van der Waals surface area (Å²) in [5.74, 6) is -0.247. The Morgan fingerprint density at radius 1 is 1.37 bits per heavy atom. The van der Waals surface area contributed by atoms with Gasteiger partial charge in [0.2, 0.25) is 0 Å². The van der Waals surface area contributed by atoms with Gasteiger partial charge in [0, 0.05) is 0 Å². The van der Waals surface area contributed by atoms with Gasteiger partial charge in [0.15, 0.2) is 0 Å². The van der Waals surface area contributed by atoms with Gasteiger partial charge < -0.3 is 25.4 Å². The summed E-state index contributed by atoms with van der Waals surface area (Å²) in [6.45, 7) is 0.273. The number of esters is 1. The molecule has 0 bridgehead atoms. The van der Waals surface area contributed by atoms with E-state index in [-0.39, 0.29) is 24.3 Å². The molecule has 0 aliphatic carbocycles. The van der Waals surface area contributed by atoms with Crippen molar-refractivity contribution in [2.75, 3.05) is 20.8 Å². The second kappa shape index (κ2) is 7.08. The summed E-state index contributed by atoms with van der Waals surface area (Å²) in [6.07, 6.45) is -1.76. The molecule has 19 heavy (non-hydrogen) atoms. The molecule has 6 nitrogen and oxygen atoms in total. The zero-order valence-electron chi connectivity index (χ0n) is 11.0. The zero-order chi connectivity index (χ0) is 14.4. The van der Waals surface area contributed by atoms with Crippen LogP contribution in [0.4, 0.5) is 0 Å². The standard InChI is InChI=1S/C13H19NO5/c1-18-11-7-8(12(16)10(15)5-6-14)3-4-9(11)13(17)19-2/h3-4,7,10,12,15-16H,5-6,14H2,1-2H3. The van der Waals surface area contributed by atoms with E-state index >= 15 is 0 Å². The van der Waals surface area contributed by atoms with Gasteiger partial charge in [-0.1, -0.05) is 6.07 Å². The van der Waals surface area contributed by atoms with E-state index in [1.807, 2.05) is 0 Å². The highest BCUT2D eigenvalue weighted by molar-refractivity contribution is 5.92. The van der Waals surface area contributed by atoms with Crippen molar-refractivity contribution >= 4 is 5.97 Å². The van der Waals surface area contributed by atoms with Crippen LogP contribution >= 0.6 is 0 Å². The molecule has 0 aromatic heterocycles. The van der Waals surface area contributed by atoms with Gasteiger partial charge in [-0.25, -0.2) is 4.79 Å². The van der Waals surface area contributed by atoms with Crippen LogP contribution in [0.25, 0.3) is 0 Å². The van der Waals surface area contributed by atoms with Gasteiger partial charge >= 0.3 is 5.97 Å². The molecule has 0 heterocycles. The molecule has 6 heteroatoms. The third-order valence-corrected chi connectivity index (χ3v) is 2.80. The van der Waals surface area contributed by atoms with Crippen LogP contribution in [0.1, 0.15) is 28.4 Å². The summed E-state index contributed by atoms with van der Waals surface area (Å²) < 4.78 is 9.70. The topological polar surface area (TPSA) is 102 Å². The molecule has 0 spiro atoms. The van der Waals surface area contributed by atoms with Crippen molar-refractivity contribution in [2.45, 2.75) is 18.6 Å². The molecule has 0 saturated heterocycles. The molecule has 0 fully saturated rings. The van der Waals surface area contributed by atoms with Gasteiger partial charge in [0.1, 0.15) is 17.4 Å². The Hall–Kier alpha value is -1.63. The van der Waals surface area contributed by atoms with Crippen molar-refractivity contribution in [1.82, 2.24) is 0 Å². The average Bonchev–Trinajstić information content (AvgIpc) is 2.45. The number of hydrogen-bond donors (Lipinski definition) is 3. The minimum Gasteiger partial charge on any atom is -0.496 e. The number of carbonyl (C=O) groups is 1. The van der Waals surface area contributed by atoms with Crippen molar-refractivity contribution in [3.05, 3.63) is 29.3 Å². The van der Waals surface area contributed by atoms with E-state index in [9.17, 15) is 15.0 Å². The van der Waals surface area contributed by atoms with Crippen LogP contribution in [0.2, 0.25) is 0 Å². The first-order valence-corrected chi connectivity index (χ1v) is 5.87. The lowest BCUT2D eigenvalue weighted by molar-refractivity contribution is 0.0149. The summed E-state index contributed by atoms with van der Waals surface area (Å²) in [7, 11) is 2.68. The predicted molar refractivity (Wildman–Crippen MR) is 69.0 cm³/mol. The largest absolute Gasteiger partial charge is 0.496 e. The minimum absolute atomic E-state index is 0.259. The van der Waals surface area contributed by atoms with E-state index < -0.39 is 18.2 Å². The number of carbonyl (C=O) groups excluding carboxylic acids is 1. The number of hydrogen-bond acceptors (Lipinski definition) is 6. The van der Waals surface area contributed by atoms with E-state index in [0.717, 1.165) is 0 Å². The molecule has 0 amide bonds. The maximum absolute atomic E-state index is 11.5. The summed E-state index contributed by atoms with van der Waals surface area (Å²) in [6, 6.07) is 4.52. The fourth-order valence-electron chi connectivity index (χ4n) is 1.72. The van der Waals surface area contributed by atoms with Crippen LogP contribution < -0.4 is 10.5 Å². The van der Waals surface area contributed by atoms with Crippen molar-refractivity contribution in [1.29, 1.82) is 0 Å². The fourth-order valence-corrected chi connectivity index (χ4v) is 1.72. The molecule has 1 aromatic carbocycles. The van der Waals surface area contributed by atoms with E-state index in [1.54, 1.807) is 6.07 Å². The molecule has 0 radical (unpaired) electrons. The number of benzene rings is 1. The lowest BCUT2D eigenvalue weighted by atomic mass is 10.00. The van der Waals surface area contributed by atoms with Crippen LogP contribution in [0.3, 0.4) is 0 Å². The quantitative estimate of drug-likeness (QED) is 0.639. The molecule has 2 atom stereocenters. The highest BCUT2D eigenvalue weighted by Crippen LogP contribution is 2.26. The van der Waals surface area contributed by atoms with Crippen LogP contribution in [-0.4, -0.2) is 43.1 Å². The number of nitrogens with two attached hydrogens (primary N) is 1. The highest BCUT2D eigenvalue weighted by Gasteiger charge is 2.20. The van der Waals surface area contributed by atoms with E-state index in [2.05, 4.69) is 4.74 Å². The Morgan fingerprint density at radius 3 is 2.58 bits per heavy atom. The van der Waals surface area contributed by atoms with Gasteiger partial charge in [-0.15, -0.1) is 0 Å². The summed E-state index contributed by atoms with van der Waals surface area (Å²) in [5.41, 5.74) is 6.03. The third-order valence-electron chi connectivity index (χ3n) is 2.80. The highest BCUT2D eigenvalue weighted by atomic mass is 16.5. The Labute approximate surface area is 111 Å². The van der Waals surface area contributed by atoms with Gasteiger partial charge in [0.05, 0.1) is 20.3 Å². The Bertz CT molecular complexity index is 435. The number of rotatable bonds is 6. The summed E-state index contributed by atoms with van der Waals surface area (Å²) >= 11 is 0. The molecular weight excluding hydrogens is 250 g/mol. The number of aliphatic hydroxyl groups is 2. The first-order chi connectivity index (χ1) is 9.04. The number of methoxy groups -OCH3 is 2. The molecule has 4 N–H and O–H groups in total. The zero-order valence-corrected chi connectivity index (χ0v) is 11.0. The van der Waals surface area contributed by atoms with E-state index in [0.29, 0.717) is 5.56 Å². The number of aliphatic hydroxyl groups excluding tert-OH is 2. The lowest BCUT2D eigenvalue weighted by Gasteiger charge is -2.18. The normalized spacial score (nSPS) is 13.7. The minimum atomic E-state index is -1.08. The molecule has 0 aliphatic heterocycles. The Balaban J connectivity index is 3.02. The van der Waals surface area contributed by atoms with Crippen molar-refractivity contribution in [3.8, 4) is 5.75 Å². The van der Waals surface area contributed by atoms with Crippen LogP contribution in [0, 0.1) is 0 Å². The average molecular weight is 269 g/mol. The van der Waals surface area contributed by atoms with Crippen molar-refractivity contribution < 1.29 is 24.5 Å². The maximum atomic E-state index is 11.5. The maximum Gasteiger partial charge on any atom is 0.341 e. The van der Waals surface area contributed by atoms with E-state index in [4.69, 9.17) is 10.5 Å². The monoisotopic (exact) mass is 269 g/mol. The van der Waals surface area contributed by atoms with Crippen LogP contribution in [0.5, 0.6) is 5.75 Å². The van der Waals surface area contributed by atoms with E-state index in [1.165, 1.54) is 26.4 Å². The smallest absolute Gasteiger partial charge is 0.341 e. The molecule has 0 saturated carbocycles. The molecule has 1 rings (SSSR count). The molecule has 1 aromatic rings. The predicted octanol–water partition coefficient (Wildman–Crippen LogP) is 0.225. The molecule has 106 valence electrons. The lowest BCUT2D eigenvalue weighted by Crippen LogP contribution is -2.22.